The van der Waals surface area contributed by atoms with Crippen LogP contribution in [0.3, 0.4) is 0 Å². The first-order chi connectivity index (χ1) is 11.7. The van der Waals surface area contributed by atoms with Crippen LogP contribution in [0, 0.1) is 0 Å². The summed E-state index contributed by atoms with van der Waals surface area (Å²) in [6.07, 6.45) is -1.44. The molecule has 0 unspecified atom stereocenters. The van der Waals surface area contributed by atoms with Crippen LogP contribution in [-0.2, 0) is 4.74 Å². The highest BCUT2D eigenvalue weighted by molar-refractivity contribution is 6.02. The molecule has 3 aromatic carbocycles. The molecule has 1 saturated heterocycles. The number of nitrogens with one attached hydrogen (secondary N) is 1. The Morgan fingerprint density at radius 3 is 2.42 bits per heavy atom. The van der Waals surface area contributed by atoms with Crippen LogP contribution in [0.1, 0.15) is 22.0 Å². The highest BCUT2D eigenvalue weighted by Gasteiger charge is 2.41. The van der Waals surface area contributed by atoms with Crippen LogP contribution in [0.5, 0.6) is 0 Å². The van der Waals surface area contributed by atoms with Gasteiger partial charge in [0.15, 0.2) is 6.10 Å². The lowest BCUT2D eigenvalue weighted by molar-refractivity contribution is 0.0722. The van der Waals surface area contributed by atoms with Gasteiger partial charge in [-0.25, -0.2) is 4.79 Å². The molecule has 1 N–H and O–H groups in total. The van der Waals surface area contributed by atoms with E-state index in [1.807, 2.05) is 48.5 Å². The quantitative estimate of drug-likeness (QED) is 0.746. The summed E-state index contributed by atoms with van der Waals surface area (Å²) in [7, 11) is 0. The molecule has 4 nitrogen and oxygen atoms in total. The molecule has 2 atom stereocenters. The molecule has 118 valence electrons. The van der Waals surface area contributed by atoms with Crippen LogP contribution >= 0.6 is 0 Å². The Morgan fingerprint density at radius 1 is 0.875 bits per heavy atom. The predicted molar refractivity (Wildman–Crippen MR) is 90.9 cm³/mol. The molecule has 0 bridgehead atoms. The lowest BCUT2D eigenvalue weighted by atomic mass is 9.92. The van der Waals surface area contributed by atoms with Gasteiger partial charge in [-0.05, 0) is 16.3 Å². The van der Waals surface area contributed by atoms with Crippen LogP contribution < -0.4 is 5.32 Å². The highest BCUT2D eigenvalue weighted by Crippen LogP contribution is 2.32. The van der Waals surface area contributed by atoms with E-state index < -0.39 is 18.2 Å². The standard InChI is InChI=1S/C20H15NO3/c22-18(14-8-2-1-3-9-14)19-17(21-20(23)24-19)16-12-6-10-13-7-4-5-11-15(13)16/h1-12,17,19H,(H,21,23)/t17-,19+/m0/s1. The van der Waals surface area contributed by atoms with Crippen LogP contribution in [0.25, 0.3) is 10.8 Å². The molecule has 0 saturated carbocycles. The summed E-state index contributed by atoms with van der Waals surface area (Å²) in [6.45, 7) is 0. The zero-order valence-corrected chi connectivity index (χ0v) is 12.8. The third-order valence-electron chi connectivity index (χ3n) is 4.29. The van der Waals surface area contributed by atoms with Crippen molar-refractivity contribution in [1.82, 2.24) is 5.32 Å². The van der Waals surface area contributed by atoms with E-state index >= 15 is 0 Å². The smallest absolute Gasteiger partial charge is 0.408 e. The Labute approximate surface area is 139 Å². The number of ketones is 1. The van der Waals surface area contributed by atoms with Crippen molar-refractivity contribution in [2.24, 2.45) is 0 Å². The van der Waals surface area contributed by atoms with Crippen molar-refractivity contribution in [2.45, 2.75) is 12.1 Å². The minimum atomic E-state index is -0.870. The molecular weight excluding hydrogens is 302 g/mol. The van der Waals surface area contributed by atoms with Crippen LogP contribution in [0.15, 0.2) is 72.8 Å². The molecule has 4 heteroatoms. The third-order valence-corrected chi connectivity index (χ3v) is 4.29. The Kier molecular flexibility index (Phi) is 3.50. The first kappa shape index (κ1) is 14.5. The summed E-state index contributed by atoms with van der Waals surface area (Å²) < 4.78 is 5.29. The molecule has 0 aliphatic carbocycles. The van der Waals surface area contributed by atoms with E-state index in [1.54, 1.807) is 24.3 Å². The lowest BCUT2D eigenvalue weighted by Crippen LogP contribution is -2.29. The van der Waals surface area contributed by atoms with Gasteiger partial charge in [0.05, 0.1) is 0 Å². The summed E-state index contributed by atoms with van der Waals surface area (Å²) in [5, 5.41) is 4.84. The first-order valence-electron chi connectivity index (χ1n) is 7.78. The maximum atomic E-state index is 12.8. The molecule has 0 aromatic heterocycles. The topological polar surface area (TPSA) is 55.4 Å². The summed E-state index contributed by atoms with van der Waals surface area (Å²) in [4.78, 5) is 24.6. The van der Waals surface area contributed by atoms with E-state index in [9.17, 15) is 9.59 Å². The molecule has 0 radical (unpaired) electrons. The molecule has 24 heavy (non-hydrogen) atoms. The minimum absolute atomic E-state index is 0.202. The number of benzene rings is 3. The van der Waals surface area contributed by atoms with E-state index in [0.29, 0.717) is 5.56 Å². The van der Waals surface area contributed by atoms with Crippen molar-refractivity contribution < 1.29 is 14.3 Å². The van der Waals surface area contributed by atoms with Gasteiger partial charge in [-0.1, -0.05) is 72.8 Å². The van der Waals surface area contributed by atoms with E-state index in [4.69, 9.17) is 4.74 Å². The number of alkyl carbamates (subject to hydrolysis) is 1. The number of hydrogen-bond acceptors (Lipinski definition) is 3. The normalized spacial score (nSPS) is 19.8. The maximum absolute atomic E-state index is 12.8. The van der Waals surface area contributed by atoms with Gasteiger partial charge in [0.1, 0.15) is 6.04 Å². The number of amides is 1. The predicted octanol–water partition coefficient (Wildman–Crippen LogP) is 3.87. The van der Waals surface area contributed by atoms with E-state index in [1.165, 1.54) is 0 Å². The first-order valence-corrected chi connectivity index (χ1v) is 7.78. The Bertz CT molecular complexity index is 915. The second-order valence-corrected chi connectivity index (χ2v) is 5.75. The second-order valence-electron chi connectivity index (χ2n) is 5.75. The van der Waals surface area contributed by atoms with E-state index in [2.05, 4.69) is 5.32 Å². The Hall–Kier alpha value is -3.14. The molecule has 1 aliphatic rings. The van der Waals surface area contributed by atoms with Crippen molar-refractivity contribution in [3.05, 3.63) is 83.9 Å². The number of carbonyl (C=O) groups excluding carboxylic acids is 2. The van der Waals surface area contributed by atoms with Crippen molar-refractivity contribution >= 4 is 22.6 Å². The van der Waals surface area contributed by atoms with E-state index in [0.717, 1.165) is 16.3 Å². The van der Waals surface area contributed by atoms with Crippen molar-refractivity contribution in [1.29, 1.82) is 0 Å². The number of carbonyl (C=O) groups is 2. The highest BCUT2D eigenvalue weighted by atomic mass is 16.6. The number of ether oxygens (including phenoxy) is 1. The lowest BCUT2D eigenvalue weighted by Gasteiger charge is -2.18. The fourth-order valence-electron chi connectivity index (χ4n) is 3.15. The van der Waals surface area contributed by atoms with Crippen LogP contribution in [0.4, 0.5) is 4.79 Å². The van der Waals surface area contributed by atoms with Crippen molar-refractivity contribution in [3.63, 3.8) is 0 Å². The zero-order chi connectivity index (χ0) is 16.5. The summed E-state index contributed by atoms with van der Waals surface area (Å²) in [5.74, 6) is -0.202. The van der Waals surface area contributed by atoms with Gasteiger partial charge in [-0.2, -0.15) is 0 Å². The molecule has 1 fully saturated rings. The van der Waals surface area contributed by atoms with Gasteiger partial charge in [0.2, 0.25) is 5.78 Å². The number of fused-ring (bicyclic) bond motifs is 1. The van der Waals surface area contributed by atoms with Crippen molar-refractivity contribution in [3.8, 4) is 0 Å². The Morgan fingerprint density at radius 2 is 1.58 bits per heavy atom. The average Bonchev–Trinajstić information content (AvgIpc) is 3.03. The molecule has 1 heterocycles. The zero-order valence-electron chi connectivity index (χ0n) is 12.8. The summed E-state index contributed by atoms with van der Waals surface area (Å²) >= 11 is 0. The monoisotopic (exact) mass is 317 g/mol. The van der Waals surface area contributed by atoms with Gasteiger partial charge in [-0.15, -0.1) is 0 Å². The maximum Gasteiger partial charge on any atom is 0.408 e. The number of rotatable bonds is 3. The largest absolute Gasteiger partial charge is 0.435 e. The van der Waals surface area contributed by atoms with E-state index in [-0.39, 0.29) is 5.78 Å². The van der Waals surface area contributed by atoms with Gasteiger partial charge in [0.25, 0.3) is 0 Å². The minimum Gasteiger partial charge on any atom is -0.435 e. The summed E-state index contributed by atoms with van der Waals surface area (Å²) in [6, 6.07) is 22.1. The van der Waals surface area contributed by atoms with Gasteiger partial charge in [-0.3, -0.25) is 4.79 Å². The molecule has 0 spiro atoms. The van der Waals surface area contributed by atoms with Gasteiger partial charge < -0.3 is 10.1 Å². The van der Waals surface area contributed by atoms with Crippen molar-refractivity contribution in [2.75, 3.05) is 0 Å². The number of hydrogen-bond donors (Lipinski definition) is 1. The summed E-state index contributed by atoms with van der Waals surface area (Å²) in [5.41, 5.74) is 1.41. The second kappa shape index (κ2) is 5.81. The third kappa shape index (κ3) is 2.42. The fraction of sp³-hybridized carbons (Fsp3) is 0.100. The van der Waals surface area contributed by atoms with Gasteiger partial charge >= 0.3 is 6.09 Å². The average molecular weight is 317 g/mol. The van der Waals surface area contributed by atoms with Gasteiger partial charge in [0, 0.05) is 5.56 Å². The molecule has 1 amide bonds. The Balaban J connectivity index is 1.78. The SMILES string of the molecule is O=C1N[C@@H](c2cccc3ccccc23)[C@H](C(=O)c2ccccc2)O1. The molecular formula is C20H15NO3. The fourth-order valence-corrected chi connectivity index (χ4v) is 3.15. The van der Waals surface area contributed by atoms with Crippen LogP contribution in [-0.4, -0.2) is 18.0 Å². The van der Waals surface area contributed by atoms with Crippen LogP contribution in [0.2, 0.25) is 0 Å². The number of cyclic esters (lactones) is 1. The molecule has 1 aliphatic heterocycles. The molecule has 4 rings (SSSR count). The number of Topliss-reactive ketones (excluding diaryl/α,β-unsaturated/α-hetero) is 1. The molecule has 3 aromatic rings.